The van der Waals surface area contributed by atoms with Crippen molar-refractivity contribution in [3.63, 3.8) is 0 Å². The van der Waals surface area contributed by atoms with E-state index in [2.05, 4.69) is 21.4 Å². The Labute approximate surface area is 187 Å². The molecule has 0 amide bonds. The number of likely N-dealkylation sites (tertiary alicyclic amines) is 1. The number of rotatable bonds is 7. The molecule has 0 spiro atoms. The second-order valence-corrected chi connectivity index (χ2v) is 10.3. The Morgan fingerprint density at radius 2 is 1.67 bits per heavy atom. The van der Waals surface area contributed by atoms with Crippen LogP contribution in [-0.4, -0.2) is 65.6 Å². The van der Waals surface area contributed by atoms with Crippen molar-refractivity contribution in [2.45, 2.75) is 83.1 Å². The van der Waals surface area contributed by atoms with Gasteiger partial charge in [0.1, 0.15) is 5.82 Å². The molecule has 6 heteroatoms. The highest BCUT2D eigenvalue weighted by molar-refractivity contribution is 7.98. The number of piperidine rings is 1. The molecule has 0 saturated carbocycles. The minimum Gasteiger partial charge on any atom is -0.356 e. The van der Waals surface area contributed by atoms with Crippen molar-refractivity contribution in [3.05, 3.63) is 11.3 Å². The Bertz CT molecular complexity index is 659. The van der Waals surface area contributed by atoms with Crippen molar-refractivity contribution >= 4 is 23.5 Å². The van der Waals surface area contributed by atoms with E-state index < -0.39 is 0 Å². The first-order valence-corrected chi connectivity index (χ1v) is 13.9. The normalized spacial score (nSPS) is 23.5. The fraction of sp³-hybridized carbons (Fsp3) is 0.833. The van der Waals surface area contributed by atoms with Gasteiger partial charge in [-0.1, -0.05) is 25.7 Å². The molecule has 2 aliphatic heterocycles. The van der Waals surface area contributed by atoms with Crippen molar-refractivity contribution in [2.75, 3.05) is 54.9 Å². The first kappa shape index (κ1) is 22.2. The van der Waals surface area contributed by atoms with Crippen LogP contribution < -0.4 is 10.2 Å². The first-order chi connectivity index (χ1) is 14.8. The maximum atomic E-state index is 5.15. The van der Waals surface area contributed by atoms with E-state index in [1.165, 1.54) is 100 Å². The lowest BCUT2D eigenvalue weighted by molar-refractivity contribution is 0.166. The van der Waals surface area contributed by atoms with Crippen LogP contribution in [0.25, 0.3) is 0 Å². The van der Waals surface area contributed by atoms with Gasteiger partial charge in [-0.3, -0.25) is 4.90 Å². The molecule has 168 valence electrons. The topological polar surface area (TPSA) is 44.3 Å². The second kappa shape index (κ2) is 11.6. The summed E-state index contributed by atoms with van der Waals surface area (Å²) >= 11 is 1.96. The van der Waals surface area contributed by atoms with Crippen LogP contribution in [0.1, 0.15) is 75.5 Å². The van der Waals surface area contributed by atoms with Crippen molar-refractivity contribution in [3.8, 4) is 0 Å². The standard InChI is InChI=1S/C24H41N5S/c1-30-18-17-28-14-10-7-11-20(28)19-25-24-26-22-13-6-4-5-12-21(22)23(27-24)29-15-8-2-3-9-16-29/h20H,2-19H2,1H3,(H,25,26,27). The summed E-state index contributed by atoms with van der Waals surface area (Å²) in [5.74, 6) is 3.37. The first-order valence-electron chi connectivity index (χ1n) is 12.5. The fourth-order valence-electron chi connectivity index (χ4n) is 5.38. The van der Waals surface area contributed by atoms with Crippen LogP contribution in [0.3, 0.4) is 0 Å². The monoisotopic (exact) mass is 431 g/mol. The SMILES string of the molecule is CSCCN1CCCCC1CNc1nc2c(c(N3CCCCCC3)n1)CCCCC2. The second-order valence-electron chi connectivity index (χ2n) is 9.32. The highest BCUT2D eigenvalue weighted by atomic mass is 32.2. The smallest absolute Gasteiger partial charge is 0.224 e. The largest absolute Gasteiger partial charge is 0.356 e. The maximum Gasteiger partial charge on any atom is 0.224 e. The molecule has 3 aliphatic rings. The zero-order chi connectivity index (χ0) is 20.6. The van der Waals surface area contributed by atoms with Gasteiger partial charge in [-0.25, -0.2) is 4.98 Å². The van der Waals surface area contributed by atoms with Crippen LogP contribution in [0.4, 0.5) is 11.8 Å². The van der Waals surface area contributed by atoms with Crippen molar-refractivity contribution < 1.29 is 0 Å². The molecule has 3 heterocycles. The van der Waals surface area contributed by atoms with Gasteiger partial charge in [-0.15, -0.1) is 0 Å². The van der Waals surface area contributed by atoms with Crippen LogP contribution >= 0.6 is 11.8 Å². The maximum absolute atomic E-state index is 5.15. The van der Waals surface area contributed by atoms with E-state index in [0.29, 0.717) is 6.04 Å². The molecule has 1 aliphatic carbocycles. The number of hydrogen-bond acceptors (Lipinski definition) is 6. The summed E-state index contributed by atoms with van der Waals surface area (Å²) in [5.41, 5.74) is 2.78. The molecule has 1 aromatic heterocycles. The van der Waals surface area contributed by atoms with Gasteiger partial charge in [0.15, 0.2) is 0 Å². The molecule has 5 nitrogen and oxygen atoms in total. The van der Waals surface area contributed by atoms with E-state index in [4.69, 9.17) is 9.97 Å². The Balaban J connectivity index is 1.51. The molecule has 1 atom stereocenters. The summed E-state index contributed by atoms with van der Waals surface area (Å²) in [6, 6.07) is 0.620. The third-order valence-electron chi connectivity index (χ3n) is 7.14. The molecule has 2 fully saturated rings. The molecule has 4 rings (SSSR count). The van der Waals surface area contributed by atoms with Crippen LogP contribution in [0, 0.1) is 0 Å². The molecule has 1 unspecified atom stereocenters. The lowest BCUT2D eigenvalue weighted by Gasteiger charge is -2.35. The zero-order valence-electron chi connectivity index (χ0n) is 19.0. The predicted octanol–water partition coefficient (Wildman–Crippen LogP) is 4.76. The van der Waals surface area contributed by atoms with Crippen LogP contribution in [0.2, 0.25) is 0 Å². The van der Waals surface area contributed by atoms with Gasteiger partial charge in [0.2, 0.25) is 5.95 Å². The summed E-state index contributed by atoms with van der Waals surface area (Å²) in [6.45, 7) is 5.75. The average Bonchev–Trinajstić information content (AvgIpc) is 3.19. The van der Waals surface area contributed by atoms with Gasteiger partial charge in [0.25, 0.3) is 0 Å². The summed E-state index contributed by atoms with van der Waals surface area (Å²) in [6.07, 6.45) is 17.7. The molecule has 1 N–H and O–H groups in total. The number of aryl methyl sites for hydroxylation is 1. The zero-order valence-corrected chi connectivity index (χ0v) is 19.8. The molecule has 0 aromatic carbocycles. The van der Waals surface area contributed by atoms with Gasteiger partial charge in [-0.05, 0) is 64.2 Å². The minimum atomic E-state index is 0.620. The van der Waals surface area contributed by atoms with E-state index in [0.717, 1.165) is 38.4 Å². The van der Waals surface area contributed by atoms with E-state index >= 15 is 0 Å². The third kappa shape index (κ3) is 5.82. The Hall–Kier alpha value is -1.01. The molecule has 2 saturated heterocycles. The number of aromatic nitrogens is 2. The summed E-state index contributed by atoms with van der Waals surface area (Å²) < 4.78 is 0. The lowest BCUT2D eigenvalue weighted by atomic mass is 10.0. The van der Waals surface area contributed by atoms with Gasteiger partial charge in [-0.2, -0.15) is 16.7 Å². The third-order valence-corrected chi connectivity index (χ3v) is 7.74. The molecular formula is C24H41N5S. The van der Waals surface area contributed by atoms with Crippen LogP contribution in [-0.2, 0) is 12.8 Å². The molecule has 0 radical (unpaired) electrons. The number of thioether (sulfide) groups is 1. The molecular weight excluding hydrogens is 390 g/mol. The number of hydrogen-bond donors (Lipinski definition) is 1. The van der Waals surface area contributed by atoms with Gasteiger partial charge in [0.05, 0.1) is 5.69 Å². The Kier molecular flexibility index (Phi) is 8.56. The quantitative estimate of drug-likeness (QED) is 0.628. The predicted molar refractivity (Wildman–Crippen MR) is 130 cm³/mol. The molecule has 0 bridgehead atoms. The van der Waals surface area contributed by atoms with Crippen molar-refractivity contribution in [2.24, 2.45) is 0 Å². The lowest BCUT2D eigenvalue weighted by Crippen LogP contribution is -2.44. The Morgan fingerprint density at radius 1 is 0.900 bits per heavy atom. The van der Waals surface area contributed by atoms with Gasteiger partial charge in [0, 0.05) is 43.5 Å². The summed E-state index contributed by atoms with van der Waals surface area (Å²) in [7, 11) is 0. The van der Waals surface area contributed by atoms with Crippen LogP contribution in [0.15, 0.2) is 0 Å². The van der Waals surface area contributed by atoms with Crippen LogP contribution in [0.5, 0.6) is 0 Å². The average molecular weight is 432 g/mol. The Morgan fingerprint density at radius 3 is 2.50 bits per heavy atom. The van der Waals surface area contributed by atoms with Crippen molar-refractivity contribution in [1.29, 1.82) is 0 Å². The number of anilines is 2. The highest BCUT2D eigenvalue weighted by Crippen LogP contribution is 2.30. The van der Waals surface area contributed by atoms with E-state index in [1.54, 1.807) is 0 Å². The summed E-state index contributed by atoms with van der Waals surface area (Å²) in [5, 5.41) is 3.69. The highest BCUT2D eigenvalue weighted by Gasteiger charge is 2.24. The van der Waals surface area contributed by atoms with Gasteiger partial charge < -0.3 is 10.2 Å². The van der Waals surface area contributed by atoms with E-state index in [-0.39, 0.29) is 0 Å². The van der Waals surface area contributed by atoms with E-state index in [1.807, 2.05) is 11.8 Å². The fourth-order valence-corrected chi connectivity index (χ4v) is 5.79. The van der Waals surface area contributed by atoms with E-state index in [9.17, 15) is 0 Å². The number of nitrogens with zero attached hydrogens (tertiary/aromatic N) is 4. The number of nitrogens with one attached hydrogen (secondary N) is 1. The number of fused-ring (bicyclic) bond motifs is 1. The minimum absolute atomic E-state index is 0.620. The molecule has 30 heavy (non-hydrogen) atoms. The molecule has 1 aromatic rings. The van der Waals surface area contributed by atoms with Gasteiger partial charge >= 0.3 is 0 Å². The van der Waals surface area contributed by atoms with Crippen molar-refractivity contribution in [1.82, 2.24) is 14.9 Å². The summed E-state index contributed by atoms with van der Waals surface area (Å²) in [4.78, 5) is 15.5.